The fourth-order valence-corrected chi connectivity index (χ4v) is 1.57. The van der Waals surface area contributed by atoms with Crippen molar-refractivity contribution in [3.05, 3.63) is 0 Å². The topological polar surface area (TPSA) is 81.4 Å². The standard InChI is InChI=1S/C9H13F3N2O3/c10-9(11,12)17-4-7(15)6(13)3-5-1-2-14-8(5)16/h5-6H,1-4,13H2,(H,14,16)/t5?,6-/m0/s1. The number of nitrogens with two attached hydrogens (primary N) is 1. The summed E-state index contributed by atoms with van der Waals surface area (Å²) in [6.45, 7) is -0.609. The highest BCUT2D eigenvalue weighted by Crippen LogP contribution is 2.18. The monoisotopic (exact) mass is 254 g/mol. The van der Waals surface area contributed by atoms with Gasteiger partial charge >= 0.3 is 6.36 Å². The maximum absolute atomic E-state index is 11.7. The van der Waals surface area contributed by atoms with Crippen molar-refractivity contribution in [2.45, 2.75) is 25.2 Å². The minimum Gasteiger partial charge on any atom is -0.356 e. The van der Waals surface area contributed by atoms with Crippen LogP contribution in [0.4, 0.5) is 13.2 Å². The molecule has 5 nitrogen and oxygen atoms in total. The van der Waals surface area contributed by atoms with E-state index in [2.05, 4.69) is 10.1 Å². The fraction of sp³-hybridized carbons (Fsp3) is 0.778. The second-order valence-corrected chi connectivity index (χ2v) is 3.82. The smallest absolute Gasteiger partial charge is 0.356 e. The molecule has 1 saturated heterocycles. The van der Waals surface area contributed by atoms with E-state index in [1.165, 1.54) is 0 Å². The summed E-state index contributed by atoms with van der Waals surface area (Å²) in [6.07, 6.45) is -4.26. The second-order valence-electron chi connectivity index (χ2n) is 3.82. The molecule has 0 spiro atoms. The van der Waals surface area contributed by atoms with Crippen molar-refractivity contribution in [1.29, 1.82) is 0 Å². The molecular formula is C9H13F3N2O3. The zero-order chi connectivity index (χ0) is 13.1. The summed E-state index contributed by atoms with van der Waals surface area (Å²) in [5, 5.41) is 2.55. The Morgan fingerprint density at radius 1 is 1.59 bits per heavy atom. The molecule has 0 saturated carbocycles. The molecule has 1 rings (SSSR count). The maximum atomic E-state index is 11.7. The molecule has 0 aromatic rings. The van der Waals surface area contributed by atoms with E-state index >= 15 is 0 Å². The minimum absolute atomic E-state index is 0.0475. The first-order valence-electron chi connectivity index (χ1n) is 5.06. The van der Waals surface area contributed by atoms with Crippen molar-refractivity contribution >= 4 is 11.7 Å². The molecule has 2 atom stereocenters. The van der Waals surface area contributed by atoms with Gasteiger partial charge in [-0.3, -0.25) is 14.3 Å². The third-order valence-corrected chi connectivity index (χ3v) is 2.49. The number of hydrogen-bond donors (Lipinski definition) is 2. The van der Waals surface area contributed by atoms with Crippen molar-refractivity contribution < 1.29 is 27.5 Å². The Bertz CT molecular complexity index is 306. The van der Waals surface area contributed by atoms with E-state index in [4.69, 9.17) is 5.73 Å². The van der Waals surface area contributed by atoms with Gasteiger partial charge in [-0.05, 0) is 12.8 Å². The number of alkyl halides is 3. The lowest BCUT2D eigenvalue weighted by atomic mass is 9.97. The normalized spacial score (nSPS) is 22.4. The maximum Gasteiger partial charge on any atom is 0.522 e. The molecule has 1 aliphatic heterocycles. The fourth-order valence-electron chi connectivity index (χ4n) is 1.57. The number of halogens is 3. The number of ether oxygens (including phenoxy) is 1. The van der Waals surface area contributed by atoms with Gasteiger partial charge in [-0.25, -0.2) is 0 Å². The first-order chi connectivity index (χ1) is 7.79. The molecule has 98 valence electrons. The lowest BCUT2D eigenvalue weighted by molar-refractivity contribution is -0.320. The van der Waals surface area contributed by atoms with Crippen molar-refractivity contribution in [2.24, 2.45) is 11.7 Å². The molecule has 3 N–H and O–H groups in total. The van der Waals surface area contributed by atoms with Gasteiger partial charge in [0.25, 0.3) is 0 Å². The number of rotatable bonds is 5. The zero-order valence-electron chi connectivity index (χ0n) is 8.92. The Morgan fingerprint density at radius 2 is 2.24 bits per heavy atom. The number of carbonyl (C=O) groups is 2. The van der Waals surface area contributed by atoms with Gasteiger partial charge in [-0.2, -0.15) is 0 Å². The molecule has 0 radical (unpaired) electrons. The van der Waals surface area contributed by atoms with E-state index in [9.17, 15) is 22.8 Å². The highest BCUT2D eigenvalue weighted by Gasteiger charge is 2.33. The van der Waals surface area contributed by atoms with Crippen LogP contribution < -0.4 is 11.1 Å². The Morgan fingerprint density at radius 3 is 2.71 bits per heavy atom. The number of nitrogens with one attached hydrogen (secondary N) is 1. The first-order valence-corrected chi connectivity index (χ1v) is 5.06. The van der Waals surface area contributed by atoms with Gasteiger partial charge in [0.15, 0.2) is 5.78 Å². The van der Waals surface area contributed by atoms with Crippen LogP contribution in [0.3, 0.4) is 0 Å². The highest BCUT2D eigenvalue weighted by molar-refractivity contribution is 5.86. The van der Waals surface area contributed by atoms with E-state index in [0.717, 1.165) is 0 Å². The van der Waals surface area contributed by atoms with Gasteiger partial charge in [0, 0.05) is 12.5 Å². The molecule has 1 aliphatic rings. The number of Topliss-reactive ketones (excluding diaryl/α,β-unsaturated/α-hetero) is 1. The summed E-state index contributed by atoms with van der Waals surface area (Å²) in [5.41, 5.74) is 5.41. The minimum atomic E-state index is -4.85. The number of hydrogen-bond acceptors (Lipinski definition) is 4. The molecule has 1 heterocycles. The van der Waals surface area contributed by atoms with Crippen LogP contribution in [-0.4, -0.2) is 37.2 Å². The third kappa shape index (κ3) is 4.70. The summed E-state index contributed by atoms with van der Waals surface area (Å²) < 4.78 is 38.4. The van der Waals surface area contributed by atoms with E-state index in [0.29, 0.717) is 13.0 Å². The Balaban J connectivity index is 2.34. The third-order valence-electron chi connectivity index (χ3n) is 2.49. The zero-order valence-corrected chi connectivity index (χ0v) is 8.92. The number of amides is 1. The summed E-state index contributed by atoms with van der Waals surface area (Å²) in [6, 6.07) is -1.11. The van der Waals surface area contributed by atoms with Crippen LogP contribution in [0.1, 0.15) is 12.8 Å². The predicted octanol–water partition coefficient (Wildman–Crippen LogP) is -0.0546. The van der Waals surface area contributed by atoms with Crippen molar-refractivity contribution in [3.63, 3.8) is 0 Å². The van der Waals surface area contributed by atoms with Gasteiger partial charge in [0.1, 0.15) is 6.61 Å². The van der Waals surface area contributed by atoms with E-state index in [1.54, 1.807) is 0 Å². The van der Waals surface area contributed by atoms with Crippen LogP contribution in [0.15, 0.2) is 0 Å². The summed E-state index contributed by atoms with van der Waals surface area (Å²) >= 11 is 0. The Labute approximate surface area is 95.5 Å². The SMILES string of the molecule is N[C@@H](CC1CCNC1=O)C(=O)COC(F)(F)F. The molecule has 1 unspecified atom stereocenters. The Hall–Kier alpha value is -1.15. The highest BCUT2D eigenvalue weighted by atomic mass is 19.4. The summed E-state index contributed by atoms with van der Waals surface area (Å²) in [4.78, 5) is 22.4. The molecule has 0 aromatic heterocycles. The second kappa shape index (κ2) is 5.46. The molecule has 1 amide bonds. The van der Waals surface area contributed by atoms with Gasteiger partial charge in [0.2, 0.25) is 5.91 Å². The number of carbonyl (C=O) groups excluding carboxylic acids is 2. The lowest BCUT2D eigenvalue weighted by Gasteiger charge is -2.14. The average molecular weight is 254 g/mol. The van der Waals surface area contributed by atoms with Gasteiger partial charge in [0.05, 0.1) is 6.04 Å². The average Bonchev–Trinajstić information content (AvgIpc) is 2.59. The van der Waals surface area contributed by atoms with Gasteiger partial charge in [-0.1, -0.05) is 0 Å². The van der Waals surface area contributed by atoms with E-state index in [-0.39, 0.29) is 12.3 Å². The van der Waals surface area contributed by atoms with Crippen molar-refractivity contribution in [3.8, 4) is 0 Å². The lowest BCUT2D eigenvalue weighted by Crippen LogP contribution is -2.38. The van der Waals surface area contributed by atoms with Crippen LogP contribution in [-0.2, 0) is 14.3 Å². The van der Waals surface area contributed by atoms with Gasteiger partial charge in [-0.15, -0.1) is 13.2 Å². The van der Waals surface area contributed by atoms with Gasteiger partial charge < -0.3 is 11.1 Å². The summed E-state index contributed by atoms with van der Waals surface area (Å²) in [5.74, 6) is -1.48. The van der Waals surface area contributed by atoms with E-state index < -0.39 is 30.7 Å². The molecular weight excluding hydrogens is 241 g/mol. The van der Waals surface area contributed by atoms with Crippen LogP contribution in [0.5, 0.6) is 0 Å². The molecule has 1 fully saturated rings. The molecule has 8 heteroatoms. The molecule has 0 bridgehead atoms. The van der Waals surface area contributed by atoms with Crippen LogP contribution >= 0.6 is 0 Å². The Kier molecular flexibility index (Phi) is 4.47. The van der Waals surface area contributed by atoms with Crippen molar-refractivity contribution in [2.75, 3.05) is 13.2 Å². The molecule has 0 aliphatic carbocycles. The molecule has 0 aromatic carbocycles. The van der Waals surface area contributed by atoms with Crippen molar-refractivity contribution in [1.82, 2.24) is 5.32 Å². The quantitative estimate of drug-likeness (QED) is 0.720. The van der Waals surface area contributed by atoms with E-state index in [1.807, 2.05) is 0 Å². The first kappa shape index (κ1) is 13.9. The molecule has 17 heavy (non-hydrogen) atoms. The predicted molar refractivity (Wildman–Crippen MR) is 50.7 cm³/mol. The number of ketones is 1. The van der Waals surface area contributed by atoms with Crippen LogP contribution in [0.25, 0.3) is 0 Å². The largest absolute Gasteiger partial charge is 0.522 e. The summed E-state index contributed by atoms with van der Waals surface area (Å²) in [7, 11) is 0. The van der Waals surface area contributed by atoms with Crippen LogP contribution in [0, 0.1) is 5.92 Å². The van der Waals surface area contributed by atoms with Crippen LogP contribution in [0.2, 0.25) is 0 Å².